The van der Waals surface area contributed by atoms with Gasteiger partial charge >= 0.3 is 12.1 Å². The van der Waals surface area contributed by atoms with E-state index in [1.54, 1.807) is 24.3 Å². The van der Waals surface area contributed by atoms with Gasteiger partial charge in [-0.25, -0.2) is 0 Å². The Kier molecular flexibility index (Phi) is 9.49. The monoisotopic (exact) mass is 458 g/mol. The minimum absolute atomic E-state index is 0.0251. The molecular formula is C23H23F5O4. The number of benzene rings is 2. The topological polar surface area (TPSA) is 44.8 Å². The smallest absolute Gasteiger partial charge is 0.416 e. The van der Waals surface area contributed by atoms with E-state index in [-0.39, 0.29) is 44.7 Å². The number of hydrogen-bond donors (Lipinski definition) is 0. The maximum atomic E-state index is 12.6. The number of esters is 1. The van der Waals surface area contributed by atoms with Crippen LogP contribution in [0.4, 0.5) is 22.0 Å². The zero-order valence-corrected chi connectivity index (χ0v) is 17.4. The Morgan fingerprint density at radius 1 is 0.844 bits per heavy atom. The van der Waals surface area contributed by atoms with E-state index in [0.717, 1.165) is 12.1 Å². The summed E-state index contributed by atoms with van der Waals surface area (Å²) >= 11 is 0. The van der Waals surface area contributed by atoms with Crippen LogP contribution in [0.15, 0.2) is 60.2 Å². The van der Waals surface area contributed by atoms with Crippen LogP contribution in [0.2, 0.25) is 0 Å². The lowest BCUT2D eigenvalue weighted by atomic mass is 10.1. The number of carbonyl (C=O) groups excluding carboxylic acids is 1. The molecule has 0 amide bonds. The van der Waals surface area contributed by atoms with Gasteiger partial charge in [-0.3, -0.25) is 4.79 Å². The Morgan fingerprint density at radius 2 is 1.44 bits per heavy atom. The van der Waals surface area contributed by atoms with Crippen molar-refractivity contribution in [2.45, 2.75) is 39.0 Å². The van der Waals surface area contributed by atoms with Gasteiger partial charge in [0.05, 0.1) is 5.56 Å². The second-order valence-electron chi connectivity index (χ2n) is 6.92. The predicted octanol–water partition coefficient (Wildman–Crippen LogP) is 6.55. The quantitative estimate of drug-likeness (QED) is 0.218. The van der Waals surface area contributed by atoms with Gasteiger partial charge in [0.1, 0.15) is 31.3 Å². The first kappa shape index (κ1) is 25.2. The first-order chi connectivity index (χ1) is 15.1. The highest BCUT2D eigenvalue weighted by molar-refractivity contribution is 5.69. The van der Waals surface area contributed by atoms with Crippen molar-refractivity contribution in [3.63, 3.8) is 0 Å². The first-order valence-electron chi connectivity index (χ1n) is 9.83. The fourth-order valence-electron chi connectivity index (χ4n) is 2.57. The highest BCUT2D eigenvalue weighted by atomic mass is 19.4. The van der Waals surface area contributed by atoms with Crippen molar-refractivity contribution in [1.29, 1.82) is 0 Å². The molecule has 32 heavy (non-hydrogen) atoms. The van der Waals surface area contributed by atoms with Gasteiger partial charge in [0.25, 0.3) is 6.08 Å². The largest absolute Gasteiger partial charge is 0.490 e. The van der Waals surface area contributed by atoms with E-state index in [1.165, 1.54) is 19.1 Å². The fraction of sp³-hybridized carbons (Fsp3) is 0.348. The van der Waals surface area contributed by atoms with Crippen molar-refractivity contribution < 1.29 is 41.0 Å². The van der Waals surface area contributed by atoms with Crippen LogP contribution in [-0.4, -0.2) is 19.2 Å². The van der Waals surface area contributed by atoms with E-state index in [0.29, 0.717) is 17.1 Å². The van der Waals surface area contributed by atoms with Gasteiger partial charge in [0.15, 0.2) is 0 Å². The zero-order chi connectivity index (χ0) is 23.6. The molecule has 0 fully saturated rings. The molecule has 174 valence electrons. The third-order valence-electron chi connectivity index (χ3n) is 4.38. The van der Waals surface area contributed by atoms with Crippen LogP contribution in [0.1, 0.15) is 37.3 Å². The first-order valence-corrected chi connectivity index (χ1v) is 9.83. The van der Waals surface area contributed by atoms with E-state index >= 15 is 0 Å². The molecule has 0 atom stereocenters. The molecule has 0 spiro atoms. The number of rotatable bonds is 11. The van der Waals surface area contributed by atoms with Crippen molar-refractivity contribution in [3.05, 3.63) is 71.3 Å². The molecule has 2 aromatic rings. The van der Waals surface area contributed by atoms with E-state index < -0.39 is 23.8 Å². The number of allylic oxidation sites excluding steroid dienone is 1. The summed E-state index contributed by atoms with van der Waals surface area (Å²) in [7, 11) is 0. The molecule has 0 saturated carbocycles. The highest BCUT2D eigenvalue weighted by Crippen LogP contribution is 2.29. The summed E-state index contributed by atoms with van der Waals surface area (Å²) in [5.74, 6) is 0.549. The molecule has 0 saturated heterocycles. The highest BCUT2D eigenvalue weighted by Gasteiger charge is 2.29. The molecule has 0 unspecified atom stereocenters. The Balaban J connectivity index is 1.65. The van der Waals surface area contributed by atoms with Crippen molar-refractivity contribution in [1.82, 2.24) is 0 Å². The Morgan fingerprint density at radius 3 is 2.00 bits per heavy atom. The number of hydrogen-bond acceptors (Lipinski definition) is 4. The van der Waals surface area contributed by atoms with Crippen molar-refractivity contribution in [2.75, 3.05) is 13.2 Å². The summed E-state index contributed by atoms with van der Waals surface area (Å²) in [5.41, 5.74) is -0.151. The predicted molar refractivity (Wildman–Crippen MR) is 107 cm³/mol. The molecule has 2 rings (SSSR count). The molecular weight excluding hydrogens is 435 g/mol. The van der Waals surface area contributed by atoms with Gasteiger partial charge in [-0.2, -0.15) is 22.0 Å². The van der Waals surface area contributed by atoms with Crippen LogP contribution in [0.3, 0.4) is 0 Å². The summed E-state index contributed by atoms with van der Waals surface area (Å²) < 4.78 is 78.2. The minimum atomic E-state index is -4.37. The lowest BCUT2D eigenvalue weighted by Crippen LogP contribution is -2.12. The summed E-state index contributed by atoms with van der Waals surface area (Å²) in [6.07, 6.45) is -5.61. The molecule has 0 heterocycles. The standard InChI is InChI=1S/C23H23F5O4/c1-16(22(24)25)3-2-4-21(29)31-14-13-30-19-9-11-20(12-10-19)32-15-17-5-7-18(8-6-17)23(26,27)28/h5-12H,2-4,13-15H2,1H3. The Labute approximate surface area is 182 Å². The Hall–Kier alpha value is -3.10. The number of alkyl halides is 3. The summed E-state index contributed by atoms with van der Waals surface area (Å²) in [5, 5.41) is 0. The molecule has 0 aliphatic carbocycles. The van der Waals surface area contributed by atoms with E-state index in [2.05, 4.69) is 0 Å². The maximum absolute atomic E-state index is 12.6. The van der Waals surface area contributed by atoms with Gasteiger partial charge in [0.2, 0.25) is 0 Å². The molecule has 0 radical (unpaired) electrons. The zero-order valence-electron chi connectivity index (χ0n) is 17.4. The van der Waals surface area contributed by atoms with Crippen LogP contribution in [0.5, 0.6) is 11.5 Å². The molecule has 0 aromatic heterocycles. The Bertz CT molecular complexity index is 886. The molecule has 0 N–H and O–H groups in total. The number of carbonyl (C=O) groups is 1. The van der Waals surface area contributed by atoms with Gasteiger partial charge in [-0.1, -0.05) is 12.1 Å². The van der Waals surface area contributed by atoms with Crippen LogP contribution >= 0.6 is 0 Å². The fourth-order valence-corrected chi connectivity index (χ4v) is 2.57. The lowest BCUT2D eigenvalue weighted by Gasteiger charge is -2.10. The molecule has 2 aromatic carbocycles. The van der Waals surface area contributed by atoms with Crippen molar-refractivity contribution in [3.8, 4) is 11.5 Å². The van der Waals surface area contributed by atoms with Crippen molar-refractivity contribution in [2.24, 2.45) is 0 Å². The summed E-state index contributed by atoms with van der Waals surface area (Å²) in [6.45, 7) is 1.58. The van der Waals surface area contributed by atoms with Crippen molar-refractivity contribution >= 4 is 5.97 Å². The van der Waals surface area contributed by atoms with E-state index in [9.17, 15) is 26.7 Å². The second-order valence-corrected chi connectivity index (χ2v) is 6.92. The lowest BCUT2D eigenvalue weighted by molar-refractivity contribution is -0.144. The number of ether oxygens (including phenoxy) is 3. The molecule has 0 aliphatic heterocycles. The molecule has 0 aliphatic rings. The molecule has 4 nitrogen and oxygen atoms in total. The number of halogens is 5. The maximum Gasteiger partial charge on any atom is 0.416 e. The van der Waals surface area contributed by atoms with Gasteiger partial charge in [-0.15, -0.1) is 0 Å². The van der Waals surface area contributed by atoms with Crippen LogP contribution in [-0.2, 0) is 22.3 Å². The van der Waals surface area contributed by atoms with E-state index in [1.807, 2.05) is 0 Å². The van der Waals surface area contributed by atoms with Crippen LogP contribution < -0.4 is 9.47 Å². The second kappa shape index (κ2) is 12.1. The summed E-state index contributed by atoms with van der Waals surface area (Å²) in [6, 6.07) is 11.3. The van der Waals surface area contributed by atoms with Gasteiger partial charge in [0, 0.05) is 6.42 Å². The van der Waals surface area contributed by atoms with Gasteiger partial charge < -0.3 is 14.2 Å². The summed E-state index contributed by atoms with van der Waals surface area (Å²) in [4.78, 5) is 11.6. The molecule has 0 bridgehead atoms. The molecule has 9 heteroatoms. The van der Waals surface area contributed by atoms with E-state index in [4.69, 9.17) is 14.2 Å². The third-order valence-corrected chi connectivity index (χ3v) is 4.38. The van der Waals surface area contributed by atoms with Crippen LogP contribution in [0, 0.1) is 0 Å². The minimum Gasteiger partial charge on any atom is -0.490 e. The normalized spacial score (nSPS) is 11.1. The third kappa shape index (κ3) is 8.95. The average Bonchev–Trinajstić information content (AvgIpc) is 2.75. The van der Waals surface area contributed by atoms with Crippen LogP contribution in [0.25, 0.3) is 0 Å². The average molecular weight is 458 g/mol. The SMILES string of the molecule is CC(CCCC(=O)OCCOc1ccc(OCc2ccc(C(F)(F)F)cc2)cc1)=C(F)F. The van der Waals surface area contributed by atoms with Gasteiger partial charge in [-0.05, 0) is 67.3 Å².